The van der Waals surface area contributed by atoms with Crippen molar-refractivity contribution in [3.05, 3.63) is 36.4 Å². The molecule has 0 fully saturated rings. The number of carbonyl (C=O) groups excluding carboxylic acids is 2. The maximum atomic E-state index is 13.8. The molecule has 10 heteroatoms. The third-order valence-corrected chi connectivity index (χ3v) is 8.33. The van der Waals surface area contributed by atoms with E-state index in [9.17, 15) is 9.59 Å². The minimum Gasteiger partial charge on any atom is -0.308 e. The maximum Gasteiger partial charge on any atom is 0.229 e. The zero-order chi connectivity index (χ0) is 32.2. The van der Waals surface area contributed by atoms with Gasteiger partial charge in [0, 0.05) is 62.9 Å². The van der Waals surface area contributed by atoms with Crippen molar-refractivity contribution in [3.63, 3.8) is 0 Å². The first-order valence-electron chi connectivity index (χ1n) is 16.2. The number of carbonyl (C=O) groups is 2. The van der Waals surface area contributed by atoms with Gasteiger partial charge in [0.25, 0.3) is 0 Å². The zero-order valence-electron chi connectivity index (χ0n) is 28.3. The number of anilines is 2. The summed E-state index contributed by atoms with van der Waals surface area (Å²) in [6, 6.07) is 12.4. The highest BCUT2D eigenvalue weighted by Crippen LogP contribution is 2.34. The zero-order valence-corrected chi connectivity index (χ0v) is 28.3. The molecule has 0 bridgehead atoms. The highest BCUT2D eigenvalue weighted by Gasteiger charge is 2.26. The van der Waals surface area contributed by atoms with Crippen molar-refractivity contribution in [2.75, 3.05) is 103 Å². The van der Waals surface area contributed by atoms with Crippen LogP contribution in [-0.2, 0) is 9.59 Å². The second-order valence-corrected chi connectivity index (χ2v) is 11.8. The summed E-state index contributed by atoms with van der Waals surface area (Å²) < 4.78 is 0. The van der Waals surface area contributed by atoms with Gasteiger partial charge in [-0.2, -0.15) is 0 Å². The largest absolute Gasteiger partial charge is 0.308 e. The standard InChI is InChI=1S/C34H54N8O2/c1-9-39(10-2)19-17-31(43)41(23-21-37(5)6)33-29-25-27-15-13-14-16-28(27)26-30(29)34(36-35-33)42(24-22-38(7)8)32(44)18-20-40(11-3)12-4/h13-16,25-26H,9-12,17-24H2,1-8H3. The van der Waals surface area contributed by atoms with Crippen LogP contribution in [0.4, 0.5) is 11.6 Å². The Morgan fingerprint density at radius 2 is 0.932 bits per heavy atom. The second-order valence-electron chi connectivity index (χ2n) is 11.8. The van der Waals surface area contributed by atoms with Gasteiger partial charge in [0.15, 0.2) is 11.6 Å². The first kappa shape index (κ1) is 35.3. The van der Waals surface area contributed by atoms with Crippen LogP contribution in [0.25, 0.3) is 21.5 Å². The minimum absolute atomic E-state index is 0.0232. The van der Waals surface area contributed by atoms with Gasteiger partial charge in [0.05, 0.1) is 0 Å². The number of aromatic nitrogens is 2. The average Bonchev–Trinajstić information content (AvgIpc) is 3.01. The summed E-state index contributed by atoms with van der Waals surface area (Å²) in [5, 5.41) is 13.2. The van der Waals surface area contributed by atoms with Crippen LogP contribution in [-0.4, -0.2) is 135 Å². The van der Waals surface area contributed by atoms with Gasteiger partial charge in [-0.05, 0) is 77.3 Å². The first-order valence-corrected chi connectivity index (χ1v) is 16.2. The van der Waals surface area contributed by atoms with E-state index in [2.05, 4.69) is 71.6 Å². The molecule has 3 rings (SSSR count). The van der Waals surface area contributed by atoms with Crippen molar-refractivity contribution in [2.45, 2.75) is 40.5 Å². The number of hydrogen-bond acceptors (Lipinski definition) is 8. The van der Waals surface area contributed by atoms with E-state index < -0.39 is 0 Å². The van der Waals surface area contributed by atoms with Crippen molar-refractivity contribution in [1.82, 2.24) is 29.8 Å². The van der Waals surface area contributed by atoms with E-state index >= 15 is 0 Å². The summed E-state index contributed by atoms with van der Waals surface area (Å²) >= 11 is 0. The predicted octanol–water partition coefficient (Wildman–Crippen LogP) is 4.04. The van der Waals surface area contributed by atoms with Crippen molar-refractivity contribution in [1.29, 1.82) is 0 Å². The molecule has 0 saturated heterocycles. The van der Waals surface area contributed by atoms with Gasteiger partial charge in [-0.1, -0.05) is 52.0 Å². The second kappa shape index (κ2) is 17.3. The lowest BCUT2D eigenvalue weighted by Gasteiger charge is -2.29. The fourth-order valence-corrected chi connectivity index (χ4v) is 5.37. The SMILES string of the molecule is CCN(CC)CCC(=O)N(CCN(C)C)c1nnc(N(CCN(C)C)C(=O)CCN(CC)CC)c2cc3ccccc3cc12. The molecular formula is C34H54N8O2. The van der Waals surface area contributed by atoms with E-state index in [0.717, 1.165) is 47.7 Å². The topological polar surface area (TPSA) is 79.4 Å². The van der Waals surface area contributed by atoms with Gasteiger partial charge >= 0.3 is 0 Å². The number of hydrogen-bond donors (Lipinski definition) is 0. The highest BCUT2D eigenvalue weighted by atomic mass is 16.2. The van der Waals surface area contributed by atoms with E-state index in [-0.39, 0.29) is 11.8 Å². The Kier molecular flexibility index (Phi) is 13.9. The predicted molar refractivity (Wildman–Crippen MR) is 184 cm³/mol. The molecule has 10 nitrogen and oxygen atoms in total. The monoisotopic (exact) mass is 606 g/mol. The van der Waals surface area contributed by atoms with Crippen LogP contribution in [0.1, 0.15) is 40.5 Å². The number of rotatable bonds is 18. The molecule has 2 amide bonds. The summed E-state index contributed by atoms with van der Waals surface area (Å²) in [5.41, 5.74) is 0. The lowest BCUT2D eigenvalue weighted by atomic mass is 10.0. The first-order chi connectivity index (χ1) is 21.1. The van der Waals surface area contributed by atoms with E-state index in [0.29, 0.717) is 63.7 Å². The Hall–Kier alpha value is -3.18. The number of fused-ring (bicyclic) bond motifs is 2. The number of likely N-dealkylation sites (N-methyl/N-ethyl adjacent to an activating group) is 2. The van der Waals surface area contributed by atoms with Gasteiger partial charge in [-0.25, -0.2) is 0 Å². The molecule has 0 atom stereocenters. The highest BCUT2D eigenvalue weighted by molar-refractivity contribution is 6.12. The van der Waals surface area contributed by atoms with Gasteiger partial charge in [-0.15, -0.1) is 10.2 Å². The molecule has 44 heavy (non-hydrogen) atoms. The maximum absolute atomic E-state index is 13.8. The summed E-state index contributed by atoms with van der Waals surface area (Å²) in [6.45, 7) is 15.8. The fraction of sp³-hybridized carbons (Fsp3) is 0.588. The van der Waals surface area contributed by atoms with E-state index in [1.54, 1.807) is 9.80 Å². The van der Waals surface area contributed by atoms with Gasteiger partial charge < -0.3 is 19.6 Å². The van der Waals surface area contributed by atoms with Crippen LogP contribution in [0.15, 0.2) is 36.4 Å². The normalized spacial score (nSPS) is 11.9. The van der Waals surface area contributed by atoms with Gasteiger partial charge in [-0.3, -0.25) is 19.4 Å². The lowest BCUT2D eigenvalue weighted by Crippen LogP contribution is -2.41. The van der Waals surface area contributed by atoms with Crippen LogP contribution in [0.3, 0.4) is 0 Å². The summed E-state index contributed by atoms with van der Waals surface area (Å²) in [5.74, 6) is 1.14. The quantitative estimate of drug-likeness (QED) is 0.201. The Labute approximate surface area is 264 Å². The molecule has 3 aromatic rings. The molecule has 0 N–H and O–H groups in total. The van der Waals surface area contributed by atoms with E-state index in [1.807, 2.05) is 40.3 Å². The summed E-state index contributed by atoms with van der Waals surface area (Å²) in [7, 11) is 8.02. The fourth-order valence-electron chi connectivity index (χ4n) is 5.37. The molecule has 1 aromatic heterocycles. The van der Waals surface area contributed by atoms with Crippen molar-refractivity contribution >= 4 is 45.0 Å². The van der Waals surface area contributed by atoms with Gasteiger partial charge in [0.2, 0.25) is 11.8 Å². The number of nitrogens with zero attached hydrogens (tertiary/aromatic N) is 8. The smallest absolute Gasteiger partial charge is 0.229 e. The van der Waals surface area contributed by atoms with Crippen molar-refractivity contribution in [3.8, 4) is 0 Å². The molecule has 0 saturated carbocycles. The molecule has 0 unspecified atom stereocenters. The average molecular weight is 607 g/mol. The number of benzene rings is 2. The Morgan fingerprint density at radius 1 is 0.568 bits per heavy atom. The van der Waals surface area contributed by atoms with Crippen LogP contribution in [0, 0.1) is 0 Å². The van der Waals surface area contributed by atoms with Gasteiger partial charge in [0.1, 0.15) is 0 Å². The minimum atomic E-state index is 0.0232. The molecule has 1 heterocycles. The van der Waals surface area contributed by atoms with Crippen molar-refractivity contribution < 1.29 is 9.59 Å². The number of amides is 2. The molecule has 2 aromatic carbocycles. The molecule has 242 valence electrons. The van der Waals surface area contributed by atoms with Crippen LogP contribution in [0.5, 0.6) is 0 Å². The molecule has 0 aliphatic heterocycles. The molecular weight excluding hydrogens is 552 g/mol. The molecule has 0 aliphatic carbocycles. The summed E-state index contributed by atoms with van der Waals surface area (Å²) in [6.07, 6.45) is 0.791. The Balaban J connectivity index is 2.17. The van der Waals surface area contributed by atoms with Crippen molar-refractivity contribution in [2.24, 2.45) is 0 Å². The molecule has 0 radical (unpaired) electrons. The Morgan fingerprint density at radius 3 is 1.25 bits per heavy atom. The van der Waals surface area contributed by atoms with E-state index in [1.165, 1.54) is 0 Å². The molecule has 0 aliphatic rings. The third kappa shape index (κ3) is 9.41. The summed E-state index contributed by atoms with van der Waals surface area (Å²) in [4.78, 5) is 39.9. The lowest BCUT2D eigenvalue weighted by molar-refractivity contribution is -0.119. The van der Waals surface area contributed by atoms with Crippen LogP contribution < -0.4 is 9.80 Å². The third-order valence-electron chi connectivity index (χ3n) is 8.33. The van der Waals surface area contributed by atoms with E-state index in [4.69, 9.17) is 10.2 Å². The Bertz CT molecular complexity index is 1250. The molecule has 0 spiro atoms. The van der Waals surface area contributed by atoms with Crippen LogP contribution in [0.2, 0.25) is 0 Å². The van der Waals surface area contributed by atoms with Crippen LogP contribution >= 0.6 is 0 Å².